The Labute approximate surface area is 114 Å². The Hall–Kier alpha value is -1.85. The highest BCUT2D eigenvalue weighted by Gasteiger charge is 2.03. The number of hydrogen-bond acceptors (Lipinski definition) is 5. The topological polar surface area (TPSA) is 58.3 Å². The van der Waals surface area contributed by atoms with Crippen molar-refractivity contribution in [3.05, 3.63) is 46.9 Å². The standard InChI is InChI=1S/C14H14N2O2S/c1-9-16-13-5-2-10(6-14(13)19-9)15-7-11-3-4-12(8-17)18-11/h2-6,15,17H,7-8H2,1H3. The zero-order valence-electron chi connectivity index (χ0n) is 10.5. The molecule has 5 heteroatoms. The lowest BCUT2D eigenvalue weighted by atomic mass is 10.3. The van der Waals surface area contributed by atoms with Crippen LogP contribution in [0, 0.1) is 6.92 Å². The summed E-state index contributed by atoms with van der Waals surface area (Å²) < 4.78 is 6.60. The molecule has 0 bridgehead atoms. The number of aromatic nitrogens is 1. The van der Waals surface area contributed by atoms with Gasteiger partial charge in [0.15, 0.2) is 0 Å². The van der Waals surface area contributed by atoms with E-state index in [9.17, 15) is 0 Å². The van der Waals surface area contributed by atoms with E-state index in [-0.39, 0.29) is 6.61 Å². The van der Waals surface area contributed by atoms with Crippen molar-refractivity contribution in [2.45, 2.75) is 20.1 Å². The highest BCUT2D eigenvalue weighted by Crippen LogP contribution is 2.25. The molecule has 1 aromatic carbocycles. The summed E-state index contributed by atoms with van der Waals surface area (Å²) in [6.07, 6.45) is 0. The molecular weight excluding hydrogens is 260 g/mol. The second kappa shape index (κ2) is 5.03. The lowest BCUT2D eigenvalue weighted by Gasteiger charge is -2.04. The molecule has 3 aromatic rings. The summed E-state index contributed by atoms with van der Waals surface area (Å²) in [6, 6.07) is 9.77. The number of hydrogen-bond donors (Lipinski definition) is 2. The molecule has 0 atom stereocenters. The fourth-order valence-corrected chi connectivity index (χ4v) is 2.81. The van der Waals surface area contributed by atoms with Crippen molar-refractivity contribution in [1.29, 1.82) is 0 Å². The number of rotatable bonds is 4. The molecule has 98 valence electrons. The van der Waals surface area contributed by atoms with E-state index in [0.29, 0.717) is 12.3 Å². The molecule has 0 fully saturated rings. The van der Waals surface area contributed by atoms with Gasteiger partial charge in [0.05, 0.1) is 21.8 Å². The second-order valence-electron chi connectivity index (χ2n) is 4.30. The van der Waals surface area contributed by atoms with Crippen LogP contribution in [0.25, 0.3) is 10.2 Å². The molecule has 0 amide bonds. The molecule has 2 aromatic heterocycles. The minimum absolute atomic E-state index is 0.0634. The molecule has 0 radical (unpaired) electrons. The Morgan fingerprint density at radius 1 is 1.26 bits per heavy atom. The molecule has 0 aliphatic carbocycles. The lowest BCUT2D eigenvalue weighted by molar-refractivity contribution is 0.244. The van der Waals surface area contributed by atoms with Crippen molar-refractivity contribution in [2.75, 3.05) is 5.32 Å². The summed E-state index contributed by atoms with van der Waals surface area (Å²) in [5.74, 6) is 1.40. The van der Waals surface area contributed by atoms with E-state index < -0.39 is 0 Å². The van der Waals surface area contributed by atoms with Gasteiger partial charge in [-0.15, -0.1) is 11.3 Å². The highest BCUT2D eigenvalue weighted by atomic mass is 32.1. The van der Waals surface area contributed by atoms with Crippen molar-refractivity contribution in [3.63, 3.8) is 0 Å². The van der Waals surface area contributed by atoms with E-state index in [4.69, 9.17) is 9.52 Å². The van der Waals surface area contributed by atoms with Gasteiger partial charge >= 0.3 is 0 Å². The normalized spacial score (nSPS) is 11.1. The van der Waals surface area contributed by atoms with Crippen LogP contribution in [-0.2, 0) is 13.2 Å². The fourth-order valence-electron chi connectivity index (χ4n) is 1.94. The van der Waals surface area contributed by atoms with E-state index >= 15 is 0 Å². The fraction of sp³-hybridized carbons (Fsp3) is 0.214. The minimum atomic E-state index is -0.0634. The maximum Gasteiger partial charge on any atom is 0.129 e. The first-order chi connectivity index (χ1) is 9.24. The third-order valence-corrected chi connectivity index (χ3v) is 3.77. The summed E-state index contributed by atoms with van der Waals surface area (Å²) in [5.41, 5.74) is 2.08. The summed E-state index contributed by atoms with van der Waals surface area (Å²) in [5, 5.41) is 13.3. The Morgan fingerprint density at radius 3 is 2.89 bits per heavy atom. The average Bonchev–Trinajstić information content (AvgIpc) is 3.00. The molecule has 0 spiro atoms. The van der Waals surface area contributed by atoms with Gasteiger partial charge in [-0.2, -0.15) is 0 Å². The van der Waals surface area contributed by atoms with E-state index in [1.807, 2.05) is 25.1 Å². The van der Waals surface area contributed by atoms with Crippen LogP contribution in [0.5, 0.6) is 0 Å². The molecule has 4 nitrogen and oxygen atoms in total. The molecule has 0 aliphatic heterocycles. The number of thiazole rings is 1. The van der Waals surface area contributed by atoms with Crippen LogP contribution in [0.1, 0.15) is 16.5 Å². The van der Waals surface area contributed by atoms with Gasteiger partial charge in [-0.25, -0.2) is 4.98 Å². The van der Waals surface area contributed by atoms with E-state index in [1.165, 1.54) is 4.70 Å². The quantitative estimate of drug-likeness (QED) is 0.766. The summed E-state index contributed by atoms with van der Waals surface area (Å²) in [7, 11) is 0. The van der Waals surface area contributed by atoms with E-state index in [1.54, 1.807) is 17.4 Å². The van der Waals surface area contributed by atoms with Gasteiger partial charge in [0.1, 0.15) is 18.1 Å². The Kier molecular flexibility index (Phi) is 3.23. The Bertz CT molecular complexity index is 702. The molecule has 0 saturated heterocycles. The van der Waals surface area contributed by atoms with Crippen molar-refractivity contribution in [2.24, 2.45) is 0 Å². The van der Waals surface area contributed by atoms with Crippen molar-refractivity contribution < 1.29 is 9.52 Å². The van der Waals surface area contributed by atoms with Gasteiger partial charge in [0.25, 0.3) is 0 Å². The number of aliphatic hydroxyl groups excluding tert-OH is 1. The first kappa shape index (κ1) is 12.2. The van der Waals surface area contributed by atoms with Crippen LogP contribution in [0.4, 0.5) is 5.69 Å². The van der Waals surface area contributed by atoms with Crippen molar-refractivity contribution in [1.82, 2.24) is 4.98 Å². The van der Waals surface area contributed by atoms with Gasteiger partial charge in [-0.3, -0.25) is 0 Å². The third-order valence-electron chi connectivity index (χ3n) is 2.84. The SMILES string of the molecule is Cc1nc2ccc(NCc3ccc(CO)o3)cc2s1. The molecular formula is C14H14N2O2S. The third kappa shape index (κ3) is 2.62. The van der Waals surface area contributed by atoms with E-state index in [0.717, 1.165) is 22.0 Å². The molecule has 19 heavy (non-hydrogen) atoms. The molecule has 0 aliphatic rings. The zero-order chi connectivity index (χ0) is 13.2. The number of aryl methyl sites for hydroxylation is 1. The van der Waals surface area contributed by atoms with E-state index in [2.05, 4.69) is 16.4 Å². The number of fused-ring (bicyclic) bond motifs is 1. The minimum Gasteiger partial charge on any atom is -0.462 e. The Balaban J connectivity index is 1.73. The number of furan rings is 1. The van der Waals surface area contributed by atoms with Gasteiger partial charge in [0, 0.05) is 5.69 Å². The molecule has 3 rings (SSSR count). The number of benzene rings is 1. The smallest absolute Gasteiger partial charge is 0.129 e. The summed E-state index contributed by atoms with van der Waals surface area (Å²) >= 11 is 1.69. The number of anilines is 1. The average molecular weight is 274 g/mol. The summed E-state index contributed by atoms with van der Waals surface area (Å²) in [6.45, 7) is 2.55. The lowest BCUT2D eigenvalue weighted by Crippen LogP contribution is -1.97. The molecule has 0 saturated carbocycles. The second-order valence-corrected chi connectivity index (χ2v) is 5.53. The highest BCUT2D eigenvalue weighted by molar-refractivity contribution is 7.18. The zero-order valence-corrected chi connectivity index (χ0v) is 11.3. The van der Waals surface area contributed by atoms with Crippen LogP contribution in [0.3, 0.4) is 0 Å². The van der Waals surface area contributed by atoms with Crippen molar-refractivity contribution in [3.8, 4) is 0 Å². The predicted octanol–water partition coefficient (Wildman–Crippen LogP) is 3.30. The van der Waals surface area contributed by atoms with Gasteiger partial charge < -0.3 is 14.8 Å². The number of nitrogens with one attached hydrogen (secondary N) is 1. The van der Waals surface area contributed by atoms with Crippen LogP contribution in [0.15, 0.2) is 34.7 Å². The monoisotopic (exact) mass is 274 g/mol. The summed E-state index contributed by atoms with van der Waals surface area (Å²) in [4.78, 5) is 4.43. The van der Waals surface area contributed by atoms with Crippen LogP contribution < -0.4 is 5.32 Å². The number of nitrogens with zero attached hydrogens (tertiary/aromatic N) is 1. The first-order valence-corrected chi connectivity index (χ1v) is 6.86. The number of aliphatic hydroxyl groups is 1. The van der Waals surface area contributed by atoms with Gasteiger partial charge in [-0.05, 0) is 37.3 Å². The molecule has 2 N–H and O–H groups in total. The predicted molar refractivity (Wildman–Crippen MR) is 76.3 cm³/mol. The maximum absolute atomic E-state index is 8.94. The van der Waals surface area contributed by atoms with Crippen LogP contribution in [-0.4, -0.2) is 10.1 Å². The first-order valence-electron chi connectivity index (χ1n) is 6.04. The maximum atomic E-state index is 8.94. The van der Waals surface area contributed by atoms with Crippen LogP contribution in [0.2, 0.25) is 0 Å². The largest absolute Gasteiger partial charge is 0.462 e. The van der Waals surface area contributed by atoms with Crippen molar-refractivity contribution >= 4 is 27.2 Å². The van der Waals surface area contributed by atoms with Crippen LogP contribution >= 0.6 is 11.3 Å². The van der Waals surface area contributed by atoms with Gasteiger partial charge in [-0.1, -0.05) is 0 Å². The van der Waals surface area contributed by atoms with Gasteiger partial charge in [0.2, 0.25) is 0 Å². The molecule has 0 unspecified atom stereocenters. The Morgan fingerprint density at radius 2 is 2.11 bits per heavy atom. The molecule has 2 heterocycles.